The quantitative estimate of drug-likeness (QED) is 0.361. The lowest BCUT2D eigenvalue weighted by molar-refractivity contribution is 0.501. The molecule has 0 aromatic heterocycles. The average Bonchev–Trinajstić information content (AvgIpc) is 2.34. The van der Waals surface area contributed by atoms with E-state index in [1.165, 1.54) is 11.1 Å². The molecule has 0 aliphatic carbocycles. The van der Waals surface area contributed by atoms with E-state index >= 15 is 0 Å². The molecule has 0 spiro atoms. The molecule has 1 atom stereocenters. The van der Waals surface area contributed by atoms with E-state index in [9.17, 15) is 0 Å². The summed E-state index contributed by atoms with van der Waals surface area (Å²) >= 11 is 0. The van der Waals surface area contributed by atoms with E-state index in [0.29, 0.717) is 0 Å². The van der Waals surface area contributed by atoms with Crippen molar-refractivity contribution in [3.8, 4) is 12.3 Å². The molecule has 1 rings (SSSR count). The fraction of sp³-hybridized carbons (Fsp3) is 0.500. The minimum absolute atomic E-state index is 0.187. The van der Waals surface area contributed by atoms with Crippen LogP contribution in [-0.2, 0) is 5.41 Å². The van der Waals surface area contributed by atoms with Crippen molar-refractivity contribution in [1.29, 1.82) is 0 Å². The number of terminal acetylenes is 1. The minimum atomic E-state index is 0.187. The van der Waals surface area contributed by atoms with Crippen LogP contribution >= 0.6 is 0 Å². The third-order valence-electron chi connectivity index (χ3n) is 3.19. The molecule has 1 aromatic carbocycles. The zero-order valence-corrected chi connectivity index (χ0v) is 11.7. The highest BCUT2D eigenvalue weighted by molar-refractivity contribution is 5.29. The Hall–Kier alpha value is -1.30. The van der Waals surface area contributed by atoms with Gasteiger partial charge in [0.1, 0.15) is 0 Å². The van der Waals surface area contributed by atoms with E-state index in [4.69, 9.17) is 12.3 Å². The number of hydrogen-bond donors (Lipinski definition) is 2. The number of rotatable bonds is 5. The monoisotopic (exact) mass is 244 g/mol. The highest BCUT2D eigenvalue weighted by Crippen LogP contribution is 2.25. The predicted molar refractivity (Wildman–Crippen MR) is 77.9 cm³/mol. The third kappa shape index (κ3) is 4.18. The SMILES string of the molecule is C#CCCCC(NN)c1ccc(C(C)(C)C)cc1. The molecule has 0 bridgehead atoms. The summed E-state index contributed by atoms with van der Waals surface area (Å²) in [5.41, 5.74) is 5.62. The first-order valence-corrected chi connectivity index (χ1v) is 6.49. The molecule has 0 aliphatic rings. The summed E-state index contributed by atoms with van der Waals surface area (Å²) in [7, 11) is 0. The smallest absolute Gasteiger partial charge is 0.0460 e. The lowest BCUT2D eigenvalue weighted by Gasteiger charge is -2.21. The van der Waals surface area contributed by atoms with Crippen LogP contribution in [0.5, 0.6) is 0 Å². The molecule has 0 amide bonds. The summed E-state index contributed by atoms with van der Waals surface area (Å²) in [5.74, 6) is 8.27. The van der Waals surface area contributed by atoms with Crippen LogP contribution < -0.4 is 11.3 Å². The zero-order chi connectivity index (χ0) is 13.6. The Balaban J connectivity index is 2.73. The van der Waals surface area contributed by atoms with Crippen molar-refractivity contribution < 1.29 is 0 Å². The van der Waals surface area contributed by atoms with Gasteiger partial charge in [-0.3, -0.25) is 11.3 Å². The molecule has 0 radical (unpaired) electrons. The summed E-state index contributed by atoms with van der Waals surface area (Å²) in [6, 6.07) is 8.86. The normalized spacial score (nSPS) is 13.1. The summed E-state index contributed by atoms with van der Waals surface area (Å²) in [6.45, 7) is 6.65. The standard InChI is InChI=1S/C16H24N2/c1-5-6-7-8-15(18-17)13-9-11-14(12-10-13)16(2,3)4/h1,9-12,15,18H,6-8,17H2,2-4H3. The van der Waals surface area contributed by atoms with Gasteiger partial charge in [0, 0.05) is 12.5 Å². The molecule has 0 fully saturated rings. The summed E-state index contributed by atoms with van der Waals surface area (Å²) in [5, 5.41) is 0. The lowest BCUT2D eigenvalue weighted by atomic mass is 9.86. The lowest BCUT2D eigenvalue weighted by Crippen LogP contribution is -2.28. The molecule has 18 heavy (non-hydrogen) atoms. The van der Waals surface area contributed by atoms with E-state index in [2.05, 4.69) is 56.4 Å². The number of hydrazine groups is 1. The maximum absolute atomic E-state index is 5.61. The second kappa shape index (κ2) is 6.58. The van der Waals surface area contributed by atoms with Crippen molar-refractivity contribution in [2.75, 3.05) is 0 Å². The Morgan fingerprint density at radius 2 is 1.89 bits per heavy atom. The van der Waals surface area contributed by atoms with E-state index in [0.717, 1.165) is 19.3 Å². The molecular formula is C16H24N2. The Morgan fingerprint density at radius 3 is 2.33 bits per heavy atom. The van der Waals surface area contributed by atoms with Crippen LogP contribution in [0.2, 0.25) is 0 Å². The Bertz CT molecular complexity index is 393. The molecule has 0 saturated carbocycles. The van der Waals surface area contributed by atoms with Gasteiger partial charge in [-0.25, -0.2) is 0 Å². The predicted octanol–water partition coefficient (Wildman–Crippen LogP) is 3.29. The summed E-state index contributed by atoms with van der Waals surface area (Å²) in [6.07, 6.45) is 8.03. The van der Waals surface area contributed by atoms with Gasteiger partial charge in [-0.2, -0.15) is 0 Å². The van der Waals surface area contributed by atoms with Crippen LogP contribution in [0, 0.1) is 12.3 Å². The van der Waals surface area contributed by atoms with Crippen molar-refractivity contribution in [3.63, 3.8) is 0 Å². The molecular weight excluding hydrogens is 220 g/mol. The third-order valence-corrected chi connectivity index (χ3v) is 3.19. The highest BCUT2D eigenvalue weighted by atomic mass is 15.2. The first-order valence-electron chi connectivity index (χ1n) is 6.49. The maximum atomic E-state index is 5.61. The van der Waals surface area contributed by atoms with E-state index < -0.39 is 0 Å². The van der Waals surface area contributed by atoms with Gasteiger partial charge in [0.2, 0.25) is 0 Å². The first kappa shape index (κ1) is 14.8. The number of hydrogen-bond acceptors (Lipinski definition) is 2. The molecule has 0 saturated heterocycles. The number of benzene rings is 1. The van der Waals surface area contributed by atoms with Gasteiger partial charge in [0.15, 0.2) is 0 Å². The van der Waals surface area contributed by atoms with Crippen molar-refractivity contribution in [1.82, 2.24) is 5.43 Å². The van der Waals surface area contributed by atoms with Crippen molar-refractivity contribution in [3.05, 3.63) is 35.4 Å². The zero-order valence-electron chi connectivity index (χ0n) is 11.7. The fourth-order valence-corrected chi connectivity index (χ4v) is 1.97. The van der Waals surface area contributed by atoms with Crippen molar-refractivity contribution >= 4 is 0 Å². The van der Waals surface area contributed by atoms with Gasteiger partial charge in [-0.1, -0.05) is 45.0 Å². The fourth-order valence-electron chi connectivity index (χ4n) is 1.97. The van der Waals surface area contributed by atoms with Crippen LogP contribution in [0.25, 0.3) is 0 Å². The number of nitrogens with one attached hydrogen (secondary N) is 1. The average molecular weight is 244 g/mol. The van der Waals surface area contributed by atoms with Gasteiger partial charge in [0.05, 0.1) is 0 Å². The van der Waals surface area contributed by atoms with E-state index in [-0.39, 0.29) is 11.5 Å². The first-order chi connectivity index (χ1) is 8.49. The largest absolute Gasteiger partial charge is 0.271 e. The van der Waals surface area contributed by atoms with Gasteiger partial charge in [-0.15, -0.1) is 12.3 Å². The molecule has 0 heterocycles. The molecule has 1 aromatic rings. The maximum Gasteiger partial charge on any atom is 0.0460 e. The second-order valence-electron chi connectivity index (χ2n) is 5.69. The van der Waals surface area contributed by atoms with Crippen LogP contribution in [0.4, 0.5) is 0 Å². The topological polar surface area (TPSA) is 38.0 Å². The van der Waals surface area contributed by atoms with Crippen LogP contribution in [0.15, 0.2) is 24.3 Å². The van der Waals surface area contributed by atoms with Gasteiger partial charge in [0.25, 0.3) is 0 Å². The van der Waals surface area contributed by atoms with E-state index in [1.54, 1.807) is 0 Å². The molecule has 2 nitrogen and oxygen atoms in total. The van der Waals surface area contributed by atoms with Gasteiger partial charge in [-0.05, 0) is 29.4 Å². The van der Waals surface area contributed by atoms with E-state index in [1.807, 2.05) is 0 Å². The summed E-state index contributed by atoms with van der Waals surface area (Å²) < 4.78 is 0. The molecule has 0 aliphatic heterocycles. The van der Waals surface area contributed by atoms with Crippen molar-refractivity contribution in [2.45, 2.75) is 51.5 Å². The Labute approximate surface area is 111 Å². The van der Waals surface area contributed by atoms with Crippen molar-refractivity contribution in [2.24, 2.45) is 5.84 Å². The van der Waals surface area contributed by atoms with Crippen LogP contribution in [0.1, 0.15) is 57.2 Å². The number of nitrogens with two attached hydrogens (primary N) is 1. The molecule has 1 unspecified atom stereocenters. The second-order valence-corrected chi connectivity index (χ2v) is 5.69. The minimum Gasteiger partial charge on any atom is -0.271 e. The Morgan fingerprint density at radius 1 is 1.28 bits per heavy atom. The number of unbranched alkanes of at least 4 members (excludes halogenated alkanes) is 1. The van der Waals surface area contributed by atoms with Crippen LogP contribution in [0.3, 0.4) is 0 Å². The Kier molecular flexibility index (Phi) is 5.40. The van der Waals surface area contributed by atoms with Gasteiger partial charge >= 0.3 is 0 Å². The molecule has 2 heteroatoms. The molecule has 98 valence electrons. The highest BCUT2D eigenvalue weighted by Gasteiger charge is 2.14. The molecule has 3 N–H and O–H groups in total. The summed E-state index contributed by atoms with van der Waals surface area (Å²) in [4.78, 5) is 0. The van der Waals surface area contributed by atoms with Crippen LogP contribution in [-0.4, -0.2) is 0 Å². The van der Waals surface area contributed by atoms with Gasteiger partial charge < -0.3 is 0 Å².